The molecule has 116 valence electrons. The molecule has 0 atom stereocenters. The van der Waals surface area contributed by atoms with Crippen molar-refractivity contribution in [3.63, 3.8) is 0 Å². The molecule has 0 radical (unpaired) electrons. The number of para-hydroxylation sites is 1. The summed E-state index contributed by atoms with van der Waals surface area (Å²) in [7, 11) is 0. The Morgan fingerprint density at radius 3 is 2.81 bits per heavy atom. The van der Waals surface area contributed by atoms with E-state index in [1.807, 2.05) is 36.6 Å². The zero-order valence-corrected chi connectivity index (χ0v) is 13.1. The summed E-state index contributed by atoms with van der Waals surface area (Å²) in [5.74, 6) is 1.28. The predicted octanol–water partition coefficient (Wildman–Crippen LogP) is 3.22. The molecule has 0 bridgehead atoms. The monoisotopic (exact) mass is 291 g/mol. The highest BCUT2D eigenvalue weighted by molar-refractivity contribution is 5.84. The smallest absolute Gasteiger partial charge is 0.201 e. The molecule has 0 spiro atoms. The molecule has 0 aliphatic rings. The van der Waals surface area contributed by atoms with Gasteiger partial charge in [0, 0.05) is 13.2 Å². The van der Waals surface area contributed by atoms with Crippen LogP contribution in [0.15, 0.2) is 18.2 Å². The maximum Gasteiger partial charge on any atom is 0.201 e. The van der Waals surface area contributed by atoms with Crippen LogP contribution < -0.4 is 10.5 Å². The maximum absolute atomic E-state index is 6.03. The fourth-order valence-electron chi connectivity index (χ4n) is 2.23. The summed E-state index contributed by atoms with van der Waals surface area (Å²) in [5, 5.41) is 0. The normalized spacial score (nSPS) is 11.4. The minimum Gasteiger partial charge on any atom is -0.489 e. The lowest BCUT2D eigenvalue weighted by molar-refractivity contribution is 0.124. The molecule has 2 aromatic rings. The van der Waals surface area contributed by atoms with Crippen LogP contribution in [0.2, 0.25) is 0 Å². The van der Waals surface area contributed by atoms with Crippen molar-refractivity contribution in [3.8, 4) is 5.75 Å². The first kappa shape index (κ1) is 15.6. The van der Waals surface area contributed by atoms with Gasteiger partial charge >= 0.3 is 0 Å². The molecular formula is C16H25N3O2. The first-order valence-electron chi connectivity index (χ1n) is 7.62. The third-order valence-corrected chi connectivity index (χ3v) is 3.24. The lowest BCUT2D eigenvalue weighted by Crippen LogP contribution is -2.09. The molecule has 1 aromatic carbocycles. The van der Waals surface area contributed by atoms with Gasteiger partial charge in [0.05, 0.1) is 18.2 Å². The van der Waals surface area contributed by atoms with Crippen LogP contribution in [-0.4, -0.2) is 28.9 Å². The molecule has 5 heteroatoms. The third-order valence-electron chi connectivity index (χ3n) is 3.24. The molecule has 2 N–H and O–H groups in total. The molecule has 0 amide bonds. The summed E-state index contributed by atoms with van der Waals surface area (Å²) in [6.45, 7) is 8.30. The van der Waals surface area contributed by atoms with Gasteiger partial charge in [0.1, 0.15) is 11.3 Å². The predicted molar refractivity (Wildman–Crippen MR) is 85.6 cm³/mol. The first-order chi connectivity index (χ1) is 10.1. The van der Waals surface area contributed by atoms with Gasteiger partial charge in [-0.05, 0) is 32.4 Å². The van der Waals surface area contributed by atoms with Crippen LogP contribution in [0, 0.1) is 0 Å². The Morgan fingerprint density at radius 2 is 2.10 bits per heavy atom. The molecule has 0 unspecified atom stereocenters. The molecule has 0 saturated carbocycles. The Kier molecular flexibility index (Phi) is 5.44. The highest BCUT2D eigenvalue weighted by Gasteiger charge is 2.13. The van der Waals surface area contributed by atoms with E-state index in [4.69, 9.17) is 15.2 Å². The highest BCUT2D eigenvalue weighted by Crippen LogP contribution is 2.27. The molecule has 2 rings (SSSR count). The Labute approximate surface area is 126 Å². The summed E-state index contributed by atoms with van der Waals surface area (Å²) in [4.78, 5) is 4.44. The quantitative estimate of drug-likeness (QED) is 0.759. The van der Waals surface area contributed by atoms with E-state index in [9.17, 15) is 0 Å². The van der Waals surface area contributed by atoms with E-state index < -0.39 is 0 Å². The van der Waals surface area contributed by atoms with Gasteiger partial charge < -0.3 is 19.8 Å². The van der Waals surface area contributed by atoms with Gasteiger partial charge in [-0.25, -0.2) is 4.98 Å². The van der Waals surface area contributed by atoms with Crippen LogP contribution >= 0.6 is 0 Å². The van der Waals surface area contributed by atoms with Crippen molar-refractivity contribution >= 4 is 17.0 Å². The molecular weight excluding hydrogens is 266 g/mol. The van der Waals surface area contributed by atoms with E-state index in [0.717, 1.165) is 36.2 Å². The Hall–Kier alpha value is -1.75. The summed E-state index contributed by atoms with van der Waals surface area (Å²) in [5.41, 5.74) is 7.84. The molecule has 1 aromatic heterocycles. The minimum atomic E-state index is 0.111. The fraction of sp³-hybridized carbons (Fsp3) is 0.562. The maximum atomic E-state index is 6.03. The fourth-order valence-corrected chi connectivity index (χ4v) is 2.23. The second-order valence-corrected chi connectivity index (χ2v) is 5.38. The second-order valence-electron chi connectivity index (χ2n) is 5.38. The number of benzene rings is 1. The number of hydrogen-bond acceptors (Lipinski definition) is 4. The number of anilines is 1. The molecule has 0 fully saturated rings. The minimum absolute atomic E-state index is 0.111. The average Bonchev–Trinajstić information content (AvgIpc) is 2.76. The van der Waals surface area contributed by atoms with Crippen LogP contribution in [0.1, 0.15) is 33.6 Å². The number of nitrogens with two attached hydrogens (primary N) is 1. The summed E-state index contributed by atoms with van der Waals surface area (Å²) in [6, 6.07) is 5.91. The van der Waals surface area contributed by atoms with Crippen LogP contribution in [0.5, 0.6) is 5.75 Å². The summed E-state index contributed by atoms with van der Waals surface area (Å²) >= 11 is 0. The number of hydrogen-bond donors (Lipinski definition) is 1. The topological polar surface area (TPSA) is 62.3 Å². The first-order valence-corrected chi connectivity index (χ1v) is 7.62. The SMILES string of the molecule is CCCCOCCn1c(N)nc2c(OC(C)C)cccc21. The molecule has 21 heavy (non-hydrogen) atoms. The van der Waals surface area contributed by atoms with Crippen molar-refractivity contribution in [2.45, 2.75) is 46.3 Å². The van der Waals surface area contributed by atoms with E-state index in [1.54, 1.807) is 0 Å². The van der Waals surface area contributed by atoms with Crippen LogP contribution in [0.25, 0.3) is 11.0 Å². The Bertz CT molecular complexity index is 578. The van der Waals surface area contributed by atoms with Gasteiger partial charge in [-0.15, -0.1) is 0 Å². The van der Waals surface area contributed by atoms with Gasteiger partial charge in [0.15, 0.2) is 0 Å². The average molecular weight is 291 g/mol. The zero-order chi connectivity index (χ0) is 15.2. The lowest BCUT2D eigenvalue weighted by Gasteiger charge is -2.10. The van der Waals surface area contributed by atoms with Crippen molar-refractivity contribution in [2.24, 2.45) is 0 Å². The molecule has 5 nitrogen and oxygen atoms in total. The summed E-state index contributed by atoms with van der Waals surface area (Å²) in [6.07, 6.45) is 2.35. The number of fused-ring (bicyclic) bond motifs is 1. The number of aromatic nitrogens is 2. The molecule has 1 heterocycles. The number of nitrogen functional groups attached to an aromatic ring is 1. The van der Waals surface area contributed by atoms with E-state index in [1.165, 1.54) is 0 Å². The van der Waals surface area contributed by atoms with Gasteiger partial charge in [0.2, 0.25) is 5.95 Å². The number of ether oxygens (including phenoxy) is 2. The van der Waals surface area contributed by atoms with Crippen LogP contribution in [0.3, 0.4) is 0 Å². The highest BCUT2D eigenvalue weighted by atomic mass is 16.5. The number of rotatable bonds is 8. The van der Waals surface area contributed by atoms with E-state index in [0.29, 0.717) is 19.1 Å². The molecule has 0 aliphatic heterocycles. The van der Waals surface area contributed by atoms with E-state index >= 15 is 0 Å². The van der Waals surface area contributed by atoms with Crippen molar-refractivity contribution in [3.05, 3.63) is 18.2 Å². The zero-order valence-electron chi connectivity index (χ0n) is 13.1. The van der Waals surface area contributed by atoms with Crippen molar-refractivity contribution in [2.75, 3.05) is 18.9 Å². The van der Waals surface area contributed by atoms with Crippen molar-refractivity contribution in [1.29, 1.82) is 0 Å². The third kappa shape index (κ3) is 3.88. The number of nitrogens with zero attached hydrogens (tertiary/aromatic N) is 2. The number of imidazole rings is 1. The largest absolute Gasteiger partial charge is 0.489 e. The molecule has 0 aliphatic carbocycles. The van der Waals surface area contributed by atoms with Crippen LogP contribution in [-0.2, 0) is 11.3 Å². The van der Waals surface area contributed by atoms with Gasteiger partial charge in [-0.1, -0.05) is 19.4 Å². The summed E-state index contributed by atoms with van der Waals surface area (Å²) < 4.78 is 13.4. The van der Waals surface area contributed by atoms with Crippen LogP contribution in [0.4, 0.5) is 5.95 Å². The Morgan fingerprint density at radius 1 is 1.29 bits per heavy atom. The van der Waals surface area contributed by atoms with Crippen molar-refractivity contribution in [1.82, 2.24) is 9.55 Å². The van der Waals surface area contributed by atoms with Crippen molar-refractivity contribution < 1.29 is 9.47 Å². The van der Waals surface area contributed by atoms with Gasteiger partial charge in [0.25, 0.3) is 0 Å². The second kappa shape index (κ2) is 7.31. The van der Waals surface area contributed by atoms with E-state index in [2.05, 4.69) is 11.9 Å². The van der Waals surface area contributed by atoms with Gasteiger partial charge in [-0.2, -0.15) is 0 Å². The lowest BCUT2D eigenvalue weighted by atomic mass is 10.3. The number of unbranched alkanes of at least 4 members (excludes halogenated alkanes) is 1. The van der Waals surface area contributed by atoms with E-state index in [-0.39, 0.29) is 6.10 Å². The molecule has 0 saturated heterocycles. The van der Waals surface area contributed by atoms with Gasteiger partial charge in [-0.3, -0.25) is 0 Å². The standard InChI is InChI=1S/C16H25N3O2/c1-4-5-10-20-11-9-19-13-7-6-8-14(21-12(2)3)15(13)18-16(19)17/h6-8,12H,4-5,9-11H2,1-3H3,(H2,17,18). The Balaban J connectivity index is 2.14.